The van der Waals surface area contributed by atoms with Crippen LogP contribution in [0, 0.1) is 5.92 Å². The molecule has 0 aromatic heterocycles. The number of halogens is 3. The van der Waals surface area contributed by atoms with Gasteiger partial charge < -0.3 is 10.2 Å². The van der Waals surface area contributed by atoms with Gasteiger partial charge in [0, 0.05) is 13.0 Å². The van der Waals surface area contributed by atoms with E-state index in [4.69, 9.17) is 10.2 Å². The van der Waals surface area contributed by atoms with Gasteiger partial charge in [-0.25, -0.2) is 0 Å². The maximum absolute atomic E-state index is 11.7. The topological polar surface area (TPSA) is 40.5 Å². The van der Waals surface area contributed by atoms with Gasteiger partial charge in [-0.1, -0.05) is 6.92 Å². The lowest BCUT2D eigenvalue weighted by molar-refractivity contribution is -0.151. The first-order valence-corrected chi connectivity index (χ1v) is 3.72. The van der Waals surface area contributed by atoms with Crippen molar-refractivity contribution in [1.29, 1.82) is 0 Å². The molecule has 0 aliphatic heterocycles. The van der Waals surface area contributed by atoms with Gasteiger partial charge in [-0.2, -0.15) is 13.2 Å². The molecule has 0 rings (SSSR count). The fraction of sp³-hybridized carbons (Fsp3) is 1.00. The second-order valence-electron chi connectivity index (χ2n) is 2.88. The van der Waals surface area contributed by atoms with Gasteiger partial charge in [-0.05, 0) is 12.3 Å². The van der Waals surface area contributed by atoms with Crippen molar-refractivity contribution in [3.63, 3.8) is 0 Å². The molecule has 0 aliphatic rings. The molecule has 2 unspecified atom stereocenters. The van der Waals surface area contributed by atoms with E-state index >= 15 is 0 Å². The van der Waals surface area contributed by atoms with E-state index in [0.717, 1.165) is 0 Å². The molecule has 12 heavy (non-hydrogen) atoms. The molecule has 2 N–H and O–H groups in total. The van der Waals surface area contributed by atoms with Crippen LogP contribution in [-0.4, -0.2) is 29.1 Å². The molecule has 2 nitrogen and oxygen atoms in total. The molecular weight excluding hydrogens is 173 g/mol. The Morgan fingerprint density at radius 3 is 2.17 bits per heavy atom. The highest BCUT2D eigenvalue weighted by Crippen LogP contribution is 2.26. The van der Waals surface area contributed by atoms with Gasteiger partial charge in [0.15, 0.2) is 0 Å². The largest absolute Gasteiger partial charge is 0.396 e. The van der Waals surface area contributed by atoms with Crippen molar-refractivity contribution < 1.29 is 23.4 Å². The maximum Gasteiger partial charge on any atom is 0.389 e. The quantitative estimate of drug-likeness (QED) is 0.695. The summed E-state index contributed by atoms with van der Waals surface area (Å²) in [6.45, 7) is 1.02. The zero-order valence-electron chi connectivity index (χ0n) is 6.80. The number of hydrogen-bond donors (Lipinski definition) is 2. The van der Waals surface area contributed by atoms with Crippen molar-refractivity contribution >= 4 is 0 Å². The van der Waals surface area contributed by atoms with Crippen molar-refractivity contribution in [2.24, 2.45) is 5.92 Å². The van der Waals surface area contributed by atoms with E-state index in [0.29, 0.717) is 0 Å². The zero-order valence-corrected chi connectivity index (χ0v) is 6.80. The predicted molar refractivity (Wildman–Crippen MR) is 37.5 cm³/mol. The van der Waals surface area contributed by atoms with Crippen LogP contribution in [0.25, 0.3) is 0 Å². The minimum absolute atomic E-state index is 0.00273. The van der Waals surface area contributed by atoms with E-state index in [1.165, 1.54) is 6.92 Å². The first kappa shape index (κ1) is 11.7. The smallest absolute Gasteiger partial charge is 0.389 e. The molecule has 0 saturated carbocycles. The van der Waals surface area contributed by atoms with E-state index in [2.05, 4.69) is 0 Å². The summed E-state index contributed by atoms with van der Waals surface area (Å²) in [5, 5.41) is 17.4. The Morgan fingerprint density at radius 2 is 1.83 bits per heavy atom. The van der Waals surface area contributed by atoms with Gasteiger partial charge in [-0.15, -0.1) is 0 Å². The maximum atomic E-state index is 11.7. The van der Waals surface area contributed by atoms with E-state index in [1.807, 2.05) is 0 Å². The standard InChI is InChI=1S/C7H13F3O2/c1-5(4-7(8,9)10)6(12)2-3-11/h5-6,11-12H,2-4H2,1H3. The molecule has 0 bridgehead atoms. The Balaban J connectivity index is 3.78. The van der Waals surface area contributed by atoms with E-state index in [9.17, 15) is 13.2 Å². The summed E-state index contributed by atoms with van der Waals surface area (Å²) in [6, 6.07) is 0. The highest BCUT2D eigenvalue weighted by atomic mass is 19.4. The summed E-state index contributed by atoms with van der Waals surface area (Å²) in [5.74, 6) is -0.850. The summed E-state index contributed by atoms with van der Waals surface area (Å²) in [5.41, 5.74) is 0. The second kappa shape index (κ2) is 4.67. The lowest BCUT2D eigenvalue weighted by atomic mass is 9.98. The van der Waals surface area contributed by atoms with Gasteiger partial charge in [0.2, 0.25) is 0 Å². The molecule has 0 amide bonds. The van der Waals surface area contributed by atoms with Crippen LogP contribution in [0.2, 0.25) is 0 Å². The minimum Gasteiger partial charge on any atom is -0.396 e. The predicted octanol–water partition coefficient (Wildman–Crippen LogP) is 1.32. The van der Waals surface area contributed by atoms with Crippen LogP contribution in [-0.2, 0) is 0 Å². The lowest BCUT2D eigenvalue weighted by Gasteiger charge is -2.19. The Morgan fingerprint density at radius 1 is 1.33 bits per heavy atom. The third-order valence-electron chi connectivity index (χ3n) is 1.64. The molecule has 74 valence electrons. The highest BCUT2D eigenvalue weighted by Gasteiger charge is 2.32. The van der Waals surface area contributed by atoms with Crippen molar-refractivity contribution in [1.82, 2.24) is 0 Å². The summed E-state index contributed by atoms with van der Waals surface area (Å²) in [4.78, 5) is 0. The second-order valence-corrected chi connectivity index (χ2v) is 2.88. The third-order valence-corrected chi connectivity index (χ3v) is 1.64. The fourth-order valence-electron chi connectivity index (χ4n) is 0.918. The Hall–Kier alpha value is -0.290. The fourth-order valence-corrected chi connectivity index (χ4v) is 0.918. The van der Waals surface area contributed by atoms with Crippen LogP contribution in [0.4, 0.5) is 13.2 Å². The van der Waals surface area contributed by atoms with E-state index < -0.39 is 24.6 Å². The third kappa shape index (κ3) is 5.37. The van der Waals surface area contributed by atoms with Crippen molar-refractivity contribution in [3.05, 3.63) is 0 Å². The van der Waals surface area contributed by atoms with E-state index in [-0.39, 0.29) is 13.0 Å². The summed E-state index contributed by atoms with van der Waals surface area (Å²) >= 11 is 0. The summed E-state index contributed by atoms with van der Waals surface area (Å²) in [7, 11) is 0. The normalized spacial score (nSPS) is 17.5. The number of rotatable bonds is 4. The van der Waals surface area contributed by atoms with Crippen LogP contribution < -0.4 is 0 Å². The summed E-state index contributed by atoms with van der Waals surface area (Å²) < 4.78 is 35.2. The first-order chi connectivity index (χ1) is 5.37. The van der Waals surface area contributed by atoms with Crippen LogP contribution in [0.3, 0.4) is 0 Å². The van der Waals surface area contributed by atoms with Gasteiger partial charge in [0.1, 0.15) is 0 Å². The highest BCUT2D eigenvalue weighted by molar-refractivity contribution is 4.67. The molecule has 0 spiro atoms. The van der Waals surface area contributed by atoms with Crippen LogP contribution >= 0.6 is 0 Å². The number of aliphatic hydroxyl groups is 2. The zero-order chi connectivity index (χ0) is 9.78. The summed E-state index contributed by atoms with van der Waals surface area (Å²) in [6.07, 6.45) is -6.32. The van der Waals surface area contributed by atoms with E-state index in [1.54, 1.807) is 0 Å². The molecule has 0 heterocycles. The number of aliphatic hydroxyl groups excluding tert-OH is 2. The van der Waals surface area contributed by atoms with Crippen LogP contribution in [0.15, 0.2) is 0 Å². The average Bonchev–Trinajstić information content (AvgIpc) is 1.84. The molecule has 0 aromatic carbocycles. The van der Waals surface area contributed by atoms with Gasteiger partial charge in [0.25, 0.3) is 0 Å². The van der Waals surface area contributed by atoms with Gasteiger partial charge >= 0.3 is 6.18 Å². The number of alkyl halides is 3. The molecule has 5 heteroatoms. The molecule has 0 saturated heterocycles. The molecular formula is C7H13F3O2. The first-order valence-electron chi connectivity index (χ1n) is 3.72. The molecule has 0 aliphatic carbocycles. The van der Waals surface area contributed by atoms with Crippen LogP contribution in [0.5, 0.6) is 0 Å². The van der Waals surface area contributed by atoms with Gasteiger partial charge in [-0.3, -0.25) is 0 Å². The Labute approximate surface area is 69.0 Å². The lowest BCUT2D eigenvalue weighted by Crippen LogP contribution is -2.24. The monoisotopic (exact) mass is 186 g/mol. The van der Waals surface area contributed by atoms with Crippen molar-refractivity contribution in [3.8, 4) is 0 Å². The number of hydrogen-bond acceptors (Lipinski definition) is 2. The molecule has 0 radical (unpaired) electrons. The molecule has 0 aromatic rings. The molecule has 0 fully saturated rings. The Bertz CT molecular complexity index is 124. The van der Waals surface area contributed by atoms with Crippen molar-refractivity contribution in [2.75, 3.05) is 6.61 Å². The Kier molecular flexibility index (Phi) is 4.55. The SMILES string of the molecule is CC(CC(F)(F)F)C(O)CCO. The van der Waals surface area contributed by atoms with Crippen molar-refractivity contribution in [2.45, 2.75) is 32.0 Å². The average molecular weight is 186 g/mol. The molecule has 2 atom stereocenters. The van der Waals surface area contributed by atoms with Crippen LogP contribution in [0.1, 0.15) is 19.8 Å². The minimum atomic E-state index is -4.24. The van der Waals surface area contributed by atoms with Gasteiger partial charge in [0.05, 0.1) is 6.10 Å².